The van der Waals surface area contributed by atoms with Gasteiger partial charge in [-0.15, -0.1) is 11.3 Å². The lowest BCUT2D eigenvalue weighted by molar-refractivity contribution is 0.151. The highest BCUT2D eigenvalue weighted by molar-refractivity contribution is 7.13. The van der Waals surface area contributed by atoms with E-state index in [9.17, 15) is 8.78 Å². The topological polar surface area (TPSA) is 51.8 Å². The number of thiazole rings is 1. The molecule has 15 heavy (non-hydrogen) atoms. The summed E-state index contributed by atoms with van der Waals surface area (Å²) in [4.78, 5) is 7.89. The molecule has 0 fully saturated rings. The lowest BCUT2D eigenvalue weighted by atomic mass is 10.2. The first kappa shape index (κ1) is 9.97. The van der Waals surface area contributed by atoms with Crippen LogP contribution in [0.5, 0.6) is 0 Å². The summed E-state index contributed by atoms with van der Waals surface area (Å²) < 4.78 is 24.5. The minimum Gasteiger partial charge on any atom is -0.375 e. The van der Waals surface area contributed by atoms with Crippen LogP contribution in [0.1, 0.15) is 12.0 Å². The molecule has 0 saturated heterocycles. The molecule has 2 aromatic rings. The monoisotopic (exact) mass is 227 g/mol. The average Bonchev–Trinajstić information content (AvgIpc) is 2.65. The van der Waals surface area contributed by atoms with Crippen LogP contribution in [0, 0.1) is 0 Å². The fourth-order valence-electron chi connectivity index (χ4n) is 1.09. The first-order chi connectivity index (χ1) is 7.16. The molecule has 3 nitrogen and oxygen atoms in total. The van der Waals surface area contributed by atoms with Crippen molar-refractivity contribution >= 4 is 16.5 Å². The Morgan fingerprint density at radius 3 is 2.53 bits per heavy atom. The summed E-state index contributed by atoms with van der Waals surface area (Å²) in [5, 5.41) is 2.17. The van der Waals surface area contributed by atoms with Crippen LogP contribution >= 0.6 is 11.3 Å². The van der Waals surface area contributed by atoms with E-state index < -0.39 is 6.43 Å². The van der Waals surface area contributed by atoms with Gasteiger partial charge in [0.05, 0.1) is 5.69 Å². The van der Waals surface area contributed by atoms with E-state index in [2.05, 4.69) is 9.97 Å². The van der Waals surface area contributed by atoms with Crippen LogP contribution in [0.3, 0.4) is 0 Å². The van der Waals surface area contributed by atoms with Gasteiger partial charge in [-0.1, -0.05) is 0 Å². The van der Waals surface area contributed by atoms with E-state index in [1.54, 1.807) is 5.38 Å². The van der Waals surface area contributed by atoms with Gasteiger partial charge in [0.1, 0.15) is 5.69 Å². The second-order valence-corrected chi connectivity index (χ2v) is 3.74. The highest BCUT2D eigenvalue weighted by atomic mass is 32.1. The van der Waals surface area contributed by atoms with Crippen molar-refractivity contribution in [2.24, 2.45) is 0 Å². The molecule has 78 valence electrons. The highest BCUT2D eigenvalue weighted by Crippen LogP contribution is 2.23. The van der Waals surface area contributed by atoms with Crippen LogP contribution in [0.25, 0.3) is 11.4 Å². The molecule has 0 atom stereocenters. The molecule has 0 aliphatic rings. The third-order valence-electron chi connectivity index (χ3n) is 1.82. The summed E-state index contributed by atoms with van der Waals surface area (Å²) in [5.41, 5.74) is 6.52. The van der Waals surface area contributed by atoms with Crippen molar-refractivity contribution in [1.29, 1.82) is 0 Å². The SMILES string of the molecule is Nc1nc(-c2ccc(C(F)F)cn2)cs1. The molecule has 2 N–H and O–H groups in total. The zero-order valence-electron chi connectivity index (χ0n) is 7.52. The van der Waals surface area contributed by atoms with Crippen molar-refractivity contribution in [1.82, 2.24) is 9.97 Å². The van der Waals surface area contributed by atoms with E-state index in [-0.39, 0.29) is 5.56 Å². The molecule has 0 aromatic carbocycles. The summed E-state index contributed by atoms with van der Waals surface area (Å²) in [5.74, 6) is 0. The zero-order valence-corrected chi connectivity index (χ0v) is 8.34. The summed E-state index contributed by atoms with van der Waals surface area (Å²) in [7, 11) is 0. The number of alkyl halides is 2. The van der Waals surface area contributed by atoms with Crippen molar-refractivity contribution in [2.75, 3.05) is 5.73 Å². The number of hydrogen-bond donors (Lipinski definition) is 1. The van der Waals surface area contributed by atoms with E-state index in [1.165, 1.54) is 23.5 Å². The second kappa shape index (κ2) is 3.90. The van der Waals surface area contributed by atoms with Gasteiger partial charge in [-0.25, -0.2) is 13.8 Å². The number of halogens is 2. The van der Waals surface area contributed by atoms with Gasteiger partial charge in [0.2, 0.25) is 0 Å². The van der Waals surface area contributed by atoms with E-state index in [4.69, 9.17) is 5.73 Å². The Morgan fingerprint density at radius 2 is 2.07 bits per heavy atom. The Balaban J connectivity index is 2.31. The summed E-state index contributed by atoms with van der Waals surface area (Å²) in [6.07, 6.45) is -1.35. The van der Waals surface area contributed by atoms with Crippen molar-refractivity contribution in [2.45, 2.75) is 6.43 Å². The Bertz CT molecular complexity index is 453. The minimum absolute atomic E-state index is 0.0954. The quantitative estimate of drug-likeness (QED) is 0.858. The fraction of sp³-hybridized carbons (Fsp3) is 0.111. The molecule has 0 aliphatic heterocycles. The molecule has 2 aromatic heterocycles. The third-order valence-corrected chi connectivity index (χ3v) is 2.50. The van der Waals surface area contributed by atoms with Gasteiger partial charge >= 0.3 is 0 Å². The number of pyridine rings is 1. The maximum atomic E-state index is 12.2. The van der Waals surface area contributed by atoms with Crippen molar-refractivity contribution in [3.63, 3.8) is 0 Å². The molecular weight excluding hydrogens is 220 g/mol. The Hall–Kier alpha value is -1.56. The summed E-state index contributed by atoms with van der Waals surface area (Å²) >= 11 is 1.29. The molecule has 0 unspecified atom stereocenters. The third kappa shape index (κ3) is 2.10. The van der Waals surface area contributed by atoms with Crippen LogP contribution < -0.4 is 5.73 Å². The smallest absolute Gasteiger partial charge is 0.265 e. The Labute approximate surface area is 88.6 Å². The molecule has 0 radical (unpaired) electrons. The Morgan fingerprint density at radius 1 is 1.27 bits per heavy atom. The number of anilines is 1. The lowest BCUT2D eigenvalue weighted by Gasteiger charge is -1.99. The number of rotatable bonds is 2. The fourth-order valence-corrected chi connectivity index (χ4v) is 1.65. The normalized spacial score (nSPS) is 10.9. The van der Waals surface area contributed by atoms with Gasteiger partial charge in [0.25, 0.3) is 6.43 Å². The minimum atomic E-state index is -2.49. The average molecular weight is 227 g/mol. The van der Waals surface area contributed by atoms with Gasteiger partial charge in [-0.3, -0.25) is 4.98 Å². The van der Waals surface area contributed by atoms with E-state index in [1.807, 2.05) is 0 Å². The molecular formula is C9H7F2N3S. The summed E-state index contributed by atoms with van der Waals surface area (Å²) in [6.45, 7) is 0. The van der Waals surface area contributed by atoms with Crippen molar-refractivity contribution in [3.05, 3.63) is 29.3 Å². The van der Waals surface area contributed by atoms with E-state index >= 15 is 0 Å². The van der Waals surface area contributed by atoms with Crippen LogP contribution in [0.4, 0.5) is 13.9 Å². The van der Waals surface area contributed by atoms with Gasteiger partial charge in [-0.2, -0.15) is 0 Å². The molecule has 0 spiro atoms. The summed E-state index contributed by atoms with van der Waals surface area (Å²) in [6, 6.07) is 2.85. The van der Waals surface area contributed by atoms with E-state index in [0.717, 1.165) is 6.20 Å². The van der Waals surface area contributed by atoms with Crippen LogP contribution in [-0.2, 0) is 0 Å². The van der Waals surface area contributed by atoms with Gasteiger partial charge in [-0.05, 0) is 12.1 Å². The maximum Gasteiger partial charge on any atom is 0.265 e. The predicted molar refractivity (Wildman–Crippen MR) is 54.7 cm³/mol. The molecule has 0 aliphatic carbocycles. The number of aromatic nitrogens is 2. The number of nitrogens with two attached hydrogens (primary N) is 1. The first-order valence-electron chi connectivity index (χ1n) is 4.12. The largest absolute Gasteiger partial charge is 0.375 e. The number of hydrogen-bond acceptors (Lipinski definition) is 4. The van der Waals surface area contributed by atoms with Crippen LogP contribution in [0.2, 0.25) is 0 Å². The molecule has 0 amide bonds. The van der Waals surface area contributed by atoms with Gasteiger partial charge in [0, 0.05) is 17.1 Å². The first-order valence-corrected chi connectivity index (χ1v) is 5.00. The van der Waals surface area contributed by atoms with Crippen LogP contribution in [-0.4, -0.2) is 9.97 Å². The number of nitrogens with zero attached hydrogens (tertiary/aromatic N) is 2. The van der Waals surface area contributed by atoms with Crippen molar-refractivity contribution in [3.8, 4) is 11.4 Å². The highest BCUT2D eigenvalue weighted by Gasteiger charge is 2.08. The Kier molecular flexibility index (Phi) is 2.59. The molecule has 2 rings (SSSR count). The maximum absolute atomic E-state index is 12.2. The van der Waals surface area contributed by atoms with Gasteiger partial charge < -0.3 is 5.73 Å². The zero-order chi connectivity index (χ0) is 10.8. The molecule has 0 bridgehead atoms. The standard InChI is InChI=1S/C9H7F2N3S/c10-8(11)5-1-2-6(13-3-5)7-4-15-9(12)14-7/h1-4,8H,(H2,12,14). The van der Waals surface area contributed by atoms with Crippen LogP contribution in [0.15, 0.2) is 23.7 Å². The second-order valence-electron chi connectivity index (χ2n) is 2.85. The molecule has 0 saturated carbocycles. The van der Waals surface area contributed by atoms with Gasteiger partial charge in [0.15, 0.2) is 5.13 Å². The predicted octanol–water partition coefficient (Wildman–Crippen LogP) is 2.72. The number of nitrogen functional groups attached to an aromatic ring is 1. The lowest BCUT2D eigenvalue weighted by Crippen LogP contribution is -1.89. The van der Waals surface area contributed by atoms with Crippen molar-refractivity contribution < 1.29 is 8.78 Å². The van der Waals surface area contributed by atoms with E-state index in [0.29, 0.717) is 16.5 Å². The molecule has 6 heteroatoms. The molecule has 2 heterocycles.